The van der Waals surface area contributed by atoms with Gasteiger partial charge in [-0.15, -0.1) is 11.6 Å². The Labute approximate surface area is 216 Å². The van der Waals surface area contributed by atoms with Crippen LogP contribution in [0.15, 0.2) is 18.2 Å². The lowest BCUT2D eigenvalue weighted by atomic mass is 10.1. The molecule has 0 radical (unpaired) electrons. The number of methoxy groups -OCH3 is 1. The Morgan fingerprint density at radius 2 is 1.86 bits per heavy atom. The Morgan fingerprint density at radius 1 is 1.14 bits per heavy atom. The van der Waals surface area contributed by atoms with Crippen LogP contribution in [0.4, 0.5) is 20.7 Å². The van der Waals surface area contributed by atoms with Crippen LogP contribution in [0.3, 0.4) is 0 Å². The van der Waals surface area contributed by atoms with Gasteiger partial charge in [0.1, 0.15) is 17.1 Å². The minimum Gasteiger partial charge on any atom is -0.494 e. The van der Waals surface area contributed by atoms with E-state index in [1.807, 2.05) is 9.80 Å². The van der Waals surface area contributed by atoms with E-state index in [-0.39, 0.29) is 29.3 Å². The van der Waals surface area contributed by atoms with E-state index in [1.54, 1.807) is 18.2 Å². The van der Waals surface area contributed by atoms with E-state index < -0.39 is 12.2 Å². The summed E-state index contributed by atoms with van der Waals surface area (Å²) < 4.78 is 40.5. The molecule has 0 bridgehead atoms. The van der Waals surface area contributed by atoms with Crippen LogP contribution in [0.1, 0.15) is 25.1 Å². The molecule has 2 saturated heterocycles. The van der Waals surface area contributed by atoms with Gasteiger partial charge in [-0.1, -0.05) is 6.07 Å². The van der Waals surface area contributed by atoms with Crippen LogP contribution < -0.4 is 19.9 Å². The monoisotopic (exact) mass is 536 g/mol. The second-order valence-electron chi connectivity index (χ2n) is 8.76. The van der Waals surface area contributed by atoms with Gasteiger partial charge >= 0.3 is 0 Å². The van der Waals surface area contributed by atoms with Crippen LogP contribution in [0.2, 0.25) is 0 Å². The molecule has 0 saturated carbocycles. The molecule has 14 heteroatoms. The number of ether oxygens (including phenoxy) is 2. The van der Waals surface area contributed by atoms with Crippen LogP contribution in [0.5, 0.6) is 5.75 Å². The number of carbonyl (C=O) groups is 1. The molecule has 3 aromatic rings. The Kier molecular flexibility index (Phi) is 7.51. The molecule has 2 aliphatic heterocycles. The van der Waals surface area contributed by atoms with Gasteiger partial charge in [0.25, 0.3) is 6.43 Å². The first-order chi connectivity index (χ1) is 18.0. The van der Waals surface area contributed by atoms with Gasteiger partial charge in [-0.25, -0.2) is 13.8 Å². The molecule has 4 heterocycles. The molecule has 5 rings (SSSR count). The first-order valence-electron chi connectivity index (χ1n) is 12.0. The molecular weight excluding hydrogens is 510 g/mol. The van der Waals surface area contributed by atoms with Crippen molar-refractivity contribution < 1.29 is 23.0 Å². The largest absolute Gasteiger partial charge is 0.494 e. The van der Waals surface area contributed by atoms with Gasteiger partial charge in [-0.3, -0.25) is 9.36 Å². The molecule has 11 nitrogen and oxygen atoms in total. The van der Waals surface area contributed by atoms with Gasteiger partial charge in [0.15, 0.2) is 5.82 Å². The summed E-state index contributed by atoms with van der Waals surface area (Å²) in [6.07, 6.45) is -1.31. The molecule has 2 aliphatic rings. The SMILES string of the molecule is COc1cccc2c1nc(C(F)F)n2-c1nc(N2CCOCC2)nc(N2CCCC(NC(=O)CCl)C2)n1. The number of hydrogen-bond donors (Lipinski definition) is 1. The third kappa shape index (κ3) is 5.23. The second-order valence-corrected chi connectivity index (χ2v) is 9.02. The summed E-state index contributed by atoms with van der Waals surface area (Å²) in [5, 5.41) is 2.91. The number of amides is 1. The molecule has 2 fully saturated rings. The number of piperidine rings is 1. The summed E-state index contributed by atoms with van der Waals surface area (Å²) >= 11 is 5.67. The fourth-order valence-corrected chi connectivity index (χ4v) is 4.72. The highest BCUT2D eigenvalue weighted by Gasteiger charge is 2.28. The van der Waals surface area contributed by atoms with Crippen molar-refractivity contribution in [3.8, 4) is 11.7 Å². The lowest BCUT2D eigenvalue weighted by molar-refractivity contribution is -0.119. The molecular formula is C23H27ClF2N8O3. The van der Waals surface area contributed by atoms with Gasteiger partial charge in [-0.05, 0) is 25.0 Å². The van der Waals surface area contributed by atoms with Gasteiger partial charge in [0, 0.05) is 32.2 Å². The summed E-state index contributed by atoms with van der Waals surface area (Å²) in [7, 11) is 1.46. The molecule has 1 N–H and O–H groups in total. The number of halogens is 3. The number of hydrogen-bond acceptors (Lipinski definition) is 9. The molecule has 2 aromatic heterocycles. The van der Waals surface area contributed by atoms with Crippen molar-refractivity contribution in [2.75, 3.05) is 62.2 Å². The number of nitrogens with one attached hydrogen (secondary N) is 1. The zero-order valence-electron chi connectivity index (χ0n) is 20.2. The number of aromatic nitrogens is 5. The zero-order chi connectivity index (χ0) is 25.9. The van der Waals surface area contributed by atoms with Crippen LogP contribution in [-0.4, -0.2) is 88.8 Å². The Morgan fingerprint density at radius 3 is 2.57 bits per heavy atom. The van der Waals surface area contributed by atoms with E-state index in [4.69, 9.17) is 26.1 Å². The summed E-state index contributed by atoms with van der Waals surface area (Å²) in [6.45, 7) is 3.20. The number of anilines is 2. The number of morpholine rings is 1. The van der Waals surface area contributed by atoms with E-state index in [0.717, 1.165) is 12.8 Å². The minimum absolute atomic E-state index is 0.0319. The highest BCUT2D eigenvalue weighted by atomic mass is 35.5. The molecule has 37 heavy (non-hydrogen) atoms. The number of para-hydroxylation sites is 1. The fraction of sp³-hybridized carbons (Fsp3) is 0.522. The van der Waals surface area contributed by atoms with Crippen LogP contribution in [0.25, 0.3) is 17.0 Å². The number of nitrogens with zero attached hydrogens (tertiary/aromatic N) is 7. The average Bonchev–Trinajstić information content (AvgIpc) is 3.34. The van der Waals surface area contributed by atoms with E-state index >= 15 is 0 Å². The summed E-state index contributed by atoms with van der Waals surface area (Å²) in [4.78, 5) is 33.8. The van der Waals surface area contributed by atoms with E-state index in [0.29, 0.717) is 62.6 Å². The van der Waals surface area contributed by atoms with Crippen molar-refractivity contribution in [2.24, 2.45) is 0 Å². The van der Waals surface area contributed by atoms with Gasteiger partial charge in [0.2, 0.25) is 23.8 Å². The topological polar surface area (TPSA) is 111 Å². The maximum absolute atomic E-state index is 14.2. The number of imidazole rings is 1. The Balaban J connectivity index is 1.62. The van der Waals surface area contributed by atoms with Gasteiger partial charge in [0.05, 0.1) is 25.8 Å². The molecule has 198 valence electrons. The number of rotatable bonds is 7. The maximum atomic E-state index is 14.2. The Hall–Kier alpha value is -3.32. The smallest absolute Gasteiger partial charge is 0.296 e. The highest BCUT2D eigenvalue weighted by Crippen LogP contribution is 2.32. The van der Waals surface area contributed by atoms with Crippen molar-refractivity contribution in [1.29, 1.82) is 0 Å². The summed E-state index contributed by atoms with van der Waals surface area (Å²) in [6, 6.07) is 4.90. The first kappa shape index (κ1) is 25.3. The molecule has 1 aromatic carbocycles. The lowest BCUT2D eigenvalue weighted by Crippen LogP contribution is -2.49. The first-order valence-corrected chi connectivity index (χ1v) is 12.5. The van der Waals surface area contributed by atoms with Crippen LogP contribution >= 0.6 is 11.6 Å². The van der Waals surface area contributed by atoms with E-state index in [2.05, 4.69) is 20.3 Å². The number of alkyl halides is 3. The number of benzene rings is 1. The summed E-state index contributed by atoms with van der Waals surface area (Å²) in [5.41, 5.74) is 0.683. The Bertz CT molecular complexity index is 1270. The third-order valence-electron chi connectivity index (χ3n) is 6.37. The quantitative estimate of drug-likeness (QED) is 0.455. The van der Waals surface area contributed by atoms with Crippen molar-refractivity contribution in [3.63, 3.8) is 0 Å². The minimum atomic E-state index is -2.88. The van der Waals surface area contributed by atoms with Crippen molar-refractivity contribution >= 4 is 40.4 Å². The second kappa shape index (κ2) is 11.0. The van der Waals surface area contributed by atoms with Crippen LogP contribution in [-0.2, 0) is 9.53 Å². The summed E-state index contributed by atoms with van der Waals surface area (Å²) in [5.74, 6) is 0.233. The highest BCUT2D eigenvalue weighted by molar-refractivity contribution is 6.27. The van der Waals surface area contributed by atoms with E-state index in [1.165, 1.54) is 11.7 Å². The van der Waals surface area contributed by atoms with Gasteiger partial charge < -0.3 is 24.6 Å². The fourth-order valence-electron chi connectivity index (χ4n) is 4.65. The molecule has 1 amide bonds. The normalized spacial score (nSPS) is 18.5. The maximum Gasteiger partial charge on any atom is 0.296 e. The van der Waals surface area contributed by atoms with Crippen molar-refractivity contribution in [3.05, 3.63) is 24.0 Å². The van der Waals surface area contributed by atoms with Crippen LogP contribution in [0, 0.1) is 0 Å². The van der Waals surface area contributed by atoms with E-state index in [9.17, 15) is 13.6 Å². The lowest BCUT2D eigenvalue weighted by Gasteiger charge is -2.34. The molecule has 1 atom stereocenters. The zero-order valence-corrected chi connectivity index (χ0v) is 21.0. The predicted molar refractivity (Wildman–Crippen MR) is 133 cm³/mol. The average molecular weight is 537 g/mol. The number of fused-ring (bicyclic) bond motifs is 1. The molecule has 1 unspecified atom stereocenters. The number of carbonyl (C=O) groups excluding carboxylic acids is 1. The van der Waals surface area contributed by atoms with Crippen molar-refractivity contribution in [2.45, 2.75) is 25.3 Å². The molecule has 0 spiro atoms. The predicted octanol–water partition coefficient (Wildman–Crippen LogP) is 2.32. The standard InChI is InChI=1S/C23H27ClF2N8O3/c1-36-16-6-2-5-15-18(16)28-20(19(25)26)34(15)23-30-21(32-8-10-37-11-9-32)29-22(31-23)33-7-3-4-14(13-33)27-17(35)12-24/h2,5-6,14,19H,3-4,7-13H2,1H3,(H,27,35). The van der Waals surface area contributed by atoms with Crippen molar-refractivity contribution in [1.82, 2.24) is 29.8 Å². The van der Waals surface area contributed by atoms with Gasteiger partial charge in [-0.2, -0.15) is 15.0 Å². The third-order valence-corrected chi connectivity index (χ3v) is 6.62. The molecule has 0 aliphatic carbocycles.